The van der Waals surface area contributed by atoms with Gasteiger partial charge in [0.15, 0.2) is 23.0 Å². The standard InChI is InChI=1S/C22H26O7/c1-25-17-6-4-14(9-20(17)26-2)22-16(11-24)15(10-23)19(29-22)7-13-3-5-18-21(8-13)28-12-27-18/h3-6,8-9,15-16,19,22-24H,7,10-12H2,1-2H3/t15-,16-,19-,22+/m0/s1. The molecule has 156 valence electrons. The molecule has 2 aromatic rings. The van der Waals surface area contributed by atoms with Crippen molar-refractivity contribution in [2.45, 2.75) is 18.6 Å². The molecule has 0 spiro atoms. The number of aliphatic hydroxyl groups is 2. The number of hydrogen-bond acceptors (Lipinski definition) is 7. The first-order valence-corrected chi connectivity index (χ1v) is 9.66. The number of ether oxygens (including phenoxy) is 5. The summed E-state index contributed by atoms with van der Waals surface area (Å²) in [5, 5.41) is 20.1. The maximum Gasteiger partial charge on any atom is 0.231 e. The molecule has 2 aliphatic heterocycles. The highest BCUT2D eigenvalue weighted by Gasteiger charge is 2.44. The second kappa shape index (κ2) is 8.49. The van der Waals surface area contributed by atoms with Crippen molar-refractivity contribution >= 4 is 0 Å². The maximum absolute atomic E-state index is 10.1. The van der Waals surface area contributed by atoms with Gasteiger partial charge < -0.3 is 33.9 Å². The monoisotopic (exact) mass is 402 g/mol. The van der Waals surface area contributed by atoms with E-state index in [1.54, 1.807) is 14.2 Å². The Morgan fingerprint density at radius 2 is 1.66 bits per heavy atom. The number of aliphatic hydroxyl groups excluding tert-OH is 2. The first-order chi connectivity index (χ1) is 14.2. The molecule has 1 saturated heterocycles. The van der Waals surface area contributed by atoms with Crippen molar-refractivity contribution in [2.24, 2.45) is 11.8 Å². The van der Waals surface area contributed by atoms with E-state index < -0.39 is 0 Å². The van der Waals surface area contributed by atoms with E-state index in [-0.39, 0.29) is 44.1 Å². The molecule has 0 unspecified atom stereocenters. The van der Waals surface area contributed by atoms with Crippen LogP contribution in [0.2, 0.25) is 0 Å². The third kappa shape index (κ3) is 3.73. The minimum Gasteiger partial charge on any atom is -0.493 e. The fourth-order valence-electron chi connectivity index (χ4n) is 4.23. The fourth-order valence-corrected chi connectivity index (χ4v) is 4.23. The maximum atomic E-state index is 10.1. The zero-order valence-electron chi connectivity index (χ0n) is 16.5. The normalized spacial score (nSPS) is 25.2. The van der Waals surface area contributed by atoms with Gasteiger partial charge in [0, 0.05) is 25.0 Å². The minimum absolute atomic E-state index is 0.0652. The SMILES string of the molecule is COc1ccc([C@H]2O[C@@H](Cc3ccc4c(c3)OCO4)[C@@H](CO)[C@@H]2CO)cc1OC. The number of rotatable bonds is 7. The number of benzene rings is 2. The van der Waals surface area contributed by atoms with E-state index >= 15 is 0 Å². The van der Waals surface area contributed by atoms with E-state index in [1.165, 1.54) is 0 Å². The molecule has 0 aliphatic carbocycles. The Morgan fingerprint density at radius 1 is 0.897 bits per heavy atom. The average Bonchev–Trinajstić information content (AvgIpc) is 3.36. The third-order valence-electron chi connectivity index (χ3n) is 5.77. The lowest BCUT2D eigenvalue weighted by Gasteiger charge is -2.21. The molecule has 7 heteroatoms. The number of methoxy groups -OCH3 is 2. The Morgan fingerprint density at radius 3 is 2.38 bits per heavy atom. The second-order valence-electron chi connectivity index (χ2n) is 7.29. The molecule has 0 radical (unpaired) electrons. The highest BCUT2D eigenvalue weighted by Crippen LogP contribution is 2.45. The number of hydrogen-bond donors (Lipinski definition) is 2. The van der Waals surface area contributed by atoms with Crippen molar-refractivity contribution in [1.29, 1.82) is 0 Å². The predicted molar refractivity (Wildman–Crippen MR) is 105 cm³/mol. The first-order valence-electron chi connectivity index (χ1n) is 9.66. The Labute approximate surface area is 169 Å². The van der Waals surface area contributed by atoms with E-state index in [9.17, 15) is 10.2 Å². The summed E-state index contributed by atoms with van der Waals surface area (Å²) in [4.78, 5) is 0. The van der Waals surface area contributed by atoms with Crippen molar-refractivity contribution in [3.05, 3.63) is 47.5 Å². The van der Waals surface area contributed by atoms with Gasteiger partial charge in [-0.15, -0.1) is 0 Å². The Hall–Kier alpha value is -2.48. The van der Waals surface area contributed by atoms with Crippen LogP contribution >= 0.6 is 0 Å². The van der Waals surface area contributed by atoms with E-state index in [0.717, 1.165) is 22.6 Å². The summed E-state index contributed by atoms with van der Waals surface area (Å²) in [6.07, 6.45) is 0.00824. The van der Waals surface area contributed by atoms with Gasteiger partial charge in [0.1, 0.15) is 0 Å². The van der Waals surface area contributed by atoms with Gasteiger partial charge in [-0.05, 0) is 41.8 Å². The largest absolute Gasteiger partial charge is 0.493 e. The Kier molecular flexibility index (Phi) is 5.80. The van der Waals surface area contributed by atoms with E-state index in [1.807, 2.05) is 36.4 Å². The lowest BCUT2D eigenvalue weighted by Crippen LogP contribution is -2.28. The van der Waals surface area contributed by atoms with Gasteiger partial charge in [-0.3, -0.25) is 0 Å². The molecule has 0 saturated carbocycles. The molecule has 2 N–H and O–H groups in total. The summed E-state index contributed by atoms with van der Waals surface area (Å²) < 4.78 is 27.9. The van der Waals surface area contributed by atoms with Crippen LogP contribution < -0.4 is 18.9 Å². The average molecular weight is 402 g/mol. The highest BCUT2D eigenvalue weighted by molar-refractivity contribution is 5.45. The van der Waals surface area contributed by atoms with Crippen molar-refractivity contribution in [1.82, 2.24) is 0 Å². The number of fused-ring (bicyclic) bond motifs is 1. The lowest BCUT2D eigenvalue weighted by molar-refractivity contribution is 0.0199. The van der Waals surface area contributed by atoms with Crippen LogP contribution in [0, 0.1) is 11.8 Å². The summed E-state index contributed by atoms with van der Waals surface area (Å²) in [5.41, 5.74) is 1.91. The third-order valence-corrected chi connectivity index (χ3v) is 5.77. The van der Waals surface area contributed by atoms with Gasteiger partial charge >= 0.3 is 0 Å². The summed E-state index contributed by atoms with van der Waals surface area (Å²) >= 11 is 0. The van der Waals surface area contributed by atoms with Gasteiger partial charge in [-0.2, -0.15) is 0 Å². The van der Waals surface area contributed by atoms with Crippen molar-refractivity contribution < 1.29 is 33.9 Å². The molecule has 2 heterocycles. The zero-order chi connectivity index (χ0) is 20.4. The molecule has 1 fully saturated rings. The molecule has 2 aromatic carbocycles. The molecule has 2 aliphatic rings. The van der Waals surface area contributed by atoms with Crippen molar-refractivity contribution in [3.8, 4) is 23.0 Å². The lowest BCUT2D eigenvalue weighted by atomic mass is 9.84. The van der Waals surface area contributed by atoms with Crippen LogP contribution in [0.4, 0.5) is 0 Å². The van der Waals surface area contributed by atoms with E-state index in [0.29, 0.717) is 17.9 Å². The fraction of sp³-hybridized carbons (Fsp3) is 0.455. The smallest absolute Gasteiger partial charge is 0.231 e. The van der Waals surface area contributed by atoms with Crippen LogP contribution in [0.1, 0.15) is 17.2 Å². The molecule has 0 amide bonds. The van der Waals surface area contributed by atoms with Gasteiger partial charge in [0.25, 0.3) is 0 Å². The quantitative estimate of drug-likeness (QED) is 0.735. The first kappa shape index (κ1) is 19.8. The Balaban J connectivity index is 1.58. The molecule has 0 bridgehead atoms. The molecule has 4 rings (SSSR count). The topological polar surface area (TPSA) is 86.6 Å². The van der Waals surface area contributed by atoms with E-state index in [2.05, 4.69) is 0 Å². The molecule has 7 nitrogen and oxygen atoms in total. The highest BCUT2D eigenvalue weighted by atomic mass is 16.7. The van der Waals surface area contributed by atoms with Crippen LogP contribution in [0.15, 0.2) is 36.4 Å². The van der Waals surface area contributed by atoms with Crippen LogP contribution in [0.3, 0.4) is 0 Å². The van der Waals surface area contributed by atoms with Gasteiger partial charge in [0.05, 0.1) is 26.4 Å². The molecule has 0 aromatic heterocycles. The second-order valence-corrected chi connectivity index (χ2v) is 7.29. The van der Waals surface area contributed by atoms with Crippen LogP contribution in [0.25, 0.3) is 0 Å². The van der Waals surface area contributed by atoms with Gasteiger partial charge in [-0.25, -0.2) is 0 Å². The van der Waals surface area contributed by atoms with Crippen LogP contribution in [0.5, 0.6) is 23.0 Å². The zero-order valence-corrected chi connectivity index (χ0v) is 16.5. The molecule has 4 atom stereocenters. The van der Waals surface area contributed by atoms with Crippen LogP contribution in [-0.2, 0) is 11.2 Å². The minimum atomic E-state index is -0.351. The summed E-state index contributed by atoms with van der Waals surface area (Å²) in [6.45, 7) is 0.0814. The summed E-state index contributed by atoms with van der Waals surface area (Å²) in [5.74, 6) is 2.27. The van der Waals surface area contributed by atoms with Gasteiger partial charge in [-0.1, -0.05) is 12.1 Å². The van der Waals surface area contributed by atoms with Crippen molar-refractivity contribution in [2.75, 3.05) is 34.2 Å². The molecular formula is C22H26O7. The summed E-state index contributed by atoms with van der Waals surface area (Å²) in [6, 6.07) is 11.4. The Bertz CT molecular complexity index is 853. The molecular weight excluding hydrogens is 376 g/mol. The predicted octanol–water partition coefficient (Wildman–Crippen LogP) is 2.33. The van der Waals surface area contributed by atoms with E-state index in [4.69, 9.17) is 23.7 Å². The van der Waals surface area contributed by atoms with Gasteiger partial charge in [0.2, 0.25) is 6.79 Å². The van der Waals surface area contributed by atoms with Crippen LogP contribution in [-0.4, -0.2) is 50.5 Å². The van der Waals surface area contributed by atoms with Crippen molar-refractivity contribution in [3.63, 3.8) is 0 Å². The molecule has 29 heavy (non-hydrogen) atoms. The summed E-state index contributed by atoms with van der Waals surface area (Å²) in [7, 11) is 3.17.